The molecule has 8 rings (SSSR count). The summed E-state index contributed by atoms with van der Waals surface area (Å²) < 4.78 is 2.12. The second-order valence-electron chi connectivity index (χ2n) is 9.29. The fraction of sp³-hybridized carbons (Fsp3) is 0. The average Bonchev–Trinajstić information content (AvgIpc) is 3.35. The summed E-state index contributed by atoms with van der Waals surface area (Å²) in [6.07, 6.45) is 5.03. The van der Waals surface area contributed by atoms with Crippen molar-refractivity contribution in [1.29, 1.82) is 0 Å². The van der Waals surface area contributed by atoms with E-state index >= 15 is 0 Å². The van der Waals surface area contributed by atoms with Gasteiger partial charge < -0.3 is 0 Å². The Bertz CT molecular complexity index is 2120. The van der Waals surface area contributed by atoms with Gasteiger partial charge in [-0.3, -0.25) is 4.57 Å². The Labute approximate surface area is 222 Å². The number of pyridine rings is 2. The normalized spacial score (nSPS) is 11.6. The van der Waals surface area contributed by atoms with Gasteiger partial charge in [-0.15, -0.1) is 0 Å². The third-order valence-electron chi connectivity index (χ3n) is 7.03. The summed E-state index contributed by atoms with van der Waals surface area (Å²) in [6, 6.07) is 32.7. The van der Waals surface area contributed by atoms with Gasteiger partial charge in [0, 0.05) is 39.5 Å². The lowest BCUT2D eigenvalue weighted by Gasteiger charge is -2.13. The first-order chi connectivity index (χ1) is 19.3. The van der Waals surface area contributed by atoms with Gasteiger partial charge in [0.25, 0.3) is 0 Å². The molecule has 0 aliphatic carbocycles. The van der Waals surface area contributed by atoms with E-state index in [2.05, 4.69) is 63.1 Å². The molecule has 5 aromatic heterocycles. The molecule has 8 aromatic rings. The Hall–Kier alpha value is -5.56. The molecule has 0 fully saturated rings. The zero-order chi connectivity index (χ0) is 25.8. The minimum absolute atomic E-state index is 0.501. The minimum atomic E-state index is 0.501. The molecule has 0 saturated heterocycles. The Kier molecular flexibility index (Phi) is 4.69. The zero-order valence-corrected chi connectivity index (χ0v) is 20.6. The van der Waals surface area contributed by atoms with Crippen LogP contribution < -0.4 is 0 Å². The quantitative estimate of drug-likeness (QED) is 0.248. The first-order valence-corrected chi connectivity index (χ1v) is 12.6. The second kappa shape index (κ2) is 8.49. The van der Waals surface area contributed by atoms with Crippen molar-refractivity contribution in [2.24, 2.45) is 0 Å². The Balaban J connectivity index is 1.52. The predicted molar refractivity (Wildman–Crippen MR) is 153 cm³/mol. The lowest BCUT2D eigenvalue weighted by molar-refractivity contribution is 1.04. The minimum Gasteiger partial charge on any atom is -0.277 e. The molecule has 5 heterocycles. The lowest BCUT2D eigenvalue weighted by Crippen LogP contribution is -2.04. The van der Waals surface area contributed by atoms with Crippen LogP contribution in [0.5, 0.6) is 0 Å². The van der Waals surface area contributed by atoms with E-state index < -0.39 is 0 Å². The van der Waals surface area contributed by atoms with E-state index in [0.29, 0.717) is 11.5 Å². The van der Waals surface area contributed by atoms with Gasteiger partial charge in [-0.05, 0) is 36.4 Å². The number of nitrogens with zero attached hydrogens (tertiary/aromatic N) is 7. The predicted octanol–water partition coefficient (Wildman–Crippen LogP) is 6.79. The van der Waals surface area contributed by atoms with Crippen LogP contribution in [0.25, 0.3) is 72.3 Å². The smallest absolute Gasteiger partial charge is 0.181 e. The van der Waals surface area contributed by atoms with Gasteiger partial charge >= 0.3 is 0 Å². The van der Waals surface area contributed by atoms with E-state index in [4.69, 9.17) is 19.9 Å². The molecule has 0 amide bonds. The molecule has 0 unspecified atom stereocenters. The molecular formula is C32H19N7. The van der Waals surface area contributed by atoms with Crippen molar-refractivity contribution in [1.82, 2.24) is 34.5 Å². The van der Waals surface area contributed by atoms with Crippen molar-refractivity contribution in [2.75, 3.05) is 0 Å². The van der Waals surface area contributed by atoms with Crippen LogP contribution >= 0.6 is 0 Å². The van der Waals surface area contributed by atoms with E-state index in [1.54, 1.807) is 6.20 Å². The molecule has 0 aliphatic rings. The van der Waals surface area contributed by atoms with Crippen molar-refractivity contribution in [3.8, 4) is 28.6 Å². The summed E-state index contributed by atoms with van der Waals surface area (Å²) in [5.41, 5.74) is 5.99. The highest BCUT2D eigenvalue weighted by atomic mass is 15.1. The number of hydrogen-bond donors (Lipinski definition) is 0. The molecule has 7 nitrogen and oxygen atoms in total. The van der Waals surface area contributed by atoms with Crippen LogP contribution in [0.15, 0.2) is 116 Å². The van der Waals surface area contributed by atoms with Crippen LogP contribution in [0.4, 0.5) is 0 Å². The van der Waals surface area contributed by atoms with E-state index in [-0.39, 0.29) is 0 Å². The molecule has 0 atom stereocenters. The Morgan fingerprint density at radius 2 is 1.38 bits per heavy atom. The standard InChI is InChI=1S/C32H19N7/c1-2-7-20(8-3-1)25-15-13-21-12-14-24-29(28(21)36-25)37-30(26-16-18-33-19-35-26)38-32(24)39-27-11-5-4-9-22(27)23-10-6-17-34-31(23)39/h1-19H. The zero-order valence-electron chi connectivity index (χ0n) is 20.6. The van der Waals surface area contributed by atoms with Crippen molar-refractivity contribution < 1.29 is 0 Å². The van der Waals surface area contributed by atoms with Gasteiger partial charge in [0.05, 0.1) is 16.7 Å². The van der Waals surface area contributed by atoms with E-state index in [1.807, 2.05) is 54.7 Å². The van der Waals surface area contributed by atoms with E-state index in [9.17, 15) is 0 Å². The van der Waals surface area contributed by atoms with Crippen molar-refractivity contribution in [2.45, 2.75) is 0 Å². The summed E-state index contributed by atoms with van der Waals surface area (Å²) in [4.78, 5) is 28.6. The highest BCUT2D eigenvalue weighted by Gasteiger charge is 2.20. The van der Waals surface area contributed by atoms with Crippen LogP contribution in [0.1, 0.15) is 0 Å². The lowest BCUT2D eigenvalue weighted by atomic mass is 10.1. The van der Waals surface area contributed by atoms with Crippen LogP contribution in [0.2, 0.25) is 0 Å². The summed E-state index contributed by atoms with van der Waals surface area (Å²) in [5.74, 6) is 1.23. The summed E-state index contributed by atoms with van der Waals surface area (Å²) in [5, 5.41) is 4.06. The number of fused-ring (bicyclic) bond motifs is 6. The van der Waals surface area contributed by atoms with Gasteiger partial charge in [0.2, 0.25) is 0 Å². The van der Waals surface area contributed by atoms with Crippen LogP contribution in [-0.4, -0.2) is 34.5 Å². The third kappa shape index (κ3) is 3.37. The molecule has 0 spiro atoms. The summed E-state index contributed by atoms with van der Waals surface area (Å²) in [6.45, 7) is 0. The number of hydrogen-bond acceptors (Lipinski definition) is 6. The van der Waals surface area contributed by atoms with Crippen LogP contribution in [-0.2, 0) is 0 Å². The molecule has 0 bridgehead atoms. The molecule has 182 valence electrons. The summed E-state index contributed by atoms with van der Waals surface area (Å²) >= 11 is 0. The molecule has 39 heavy (non-hydrogen) atoms. The fourth-order valence-electron chi connectivity index (χ4n) is 5.25. The highest BCUT2D eigenvalue weighted by molar-refractivity contribution is 6.11. The number of rotatable bonds is 3. The Morgan fingerprint density at radius 1 is 0.538 bits per heavy atom. The maximum Gasteiger partial charge on any atom is 0.181 e. The van der Waals surface area contributed by atoms with Gasteiger partial charge in [-0.1, -0.05) is 60.7 Å². The first-order valence-electron chi connectivity index (χ1n) is 12.6. The van der Waals surface area contributed by atoms with E-state index in [1.165, 1.54) is 6.33 Å². The monoisotopic (exact) mass is 501 g/mol. The maximum atomic E-state index is 5.11. The average molecular weight is 502 g/mol. The molecule has 7 heteroatoms. The number of para-hydroxylation sites is 1. The van der Waals surface area contributed by atoms with Crippen LogP contribution in [0, 0.1) is 0 Å². The van der Waals surface area contributed by atoms with Crippen LogP contribution in [0.3, 0.4) is 0 Å². The summed E-state index contributed by atoms with van der Waals surface area (Å²) in [7, 11) is 0. The van der Waals surface area contributed by atoms with Crippen molar-refractivity contribution in [3.63, 3.8) is 0 Å². The number of aromatic nitrogens is 7. The van der Waals surface area contributed by atoms with Gasteiger partial charge in [-0.25, -0.2) is 29.9 Å². The molecular weight excluding hydrogens is 482 g/mol. The first kappa shape index (κ1) is 21.5. The maximum absolute atomic E-state index is 5.11. The molecule has 0 N–H and O–H groups in total. The topological polar surface area (TPSA) is 82.3 Å². The van der Waals surface area contributed by atoms with Crippen molar-refractivity contribution in [3.05, 3.63) is 116 Å². The van der Waals surface area contributed by atoms with Gasteiger partial charge in [0.15, 0.2) is 11.6 Å². The largest absolute Gasteiger partial charge is 0.277 e. The number of benzene rings is 3. The van der Waals surface area contributed by atoms with Crippen molar-refractivity contribution >= 4 is 43.7 Å². The molecule has 0 radical (unpaired) electrons. The Morgan fingerprint density at radius 3 is 2.28 bits per heavy atom. The molecule has 0 aliphatic heterocycles. The molecule has 3 aromatic carbocycles. The fourth-order valence-corrected chi connectivity index (χ4v) is 5.25. The third-order valence-corrected chi connectivity index (χ3v) is 7.03. The second-order valence-corrected chi connectivity index (χ2v) is 9.29. The van der Waals surface area contributed by atoms with Gasteiger partial charge in [0.1, 0.15) is 23.2 Å². The van der Waals surface area contributed by atoms with E-state index in [0.717, 1.165) is 60.8 Å². The SMILES string of the molecule is c1ccc(-c2ccc3ccc4c(-n5c6ccccc6c6cccnc65)nc(-c5ccncn5)nc4c3n2)cc1. The highest BCUT2D eigenvalue weighted by Crippen LogP contribution is 2.35. The molecule has 0 saturated carbocycles. The van der Waals surface area contributed by atoms with Gasteiger partial charge in [-0.2, -0.15) is 0 Å².